The second-order valence-electron chi connectivity index (χ2n) is 3.08. The van der Waals surface area contributed by atoms with E-state index in [9.17, 15) is 12.8 Å². The maximum atomic E-state index is 12.6. The van der Waals surface area contributed by atoms with Gasteiger partial charge in [0.1, 0.15) is 5.82 Å². The second kappa shape index (κ2) is 5.48. The summed E-state index contributed by atoms with van der Waals surface area (Å²) < 4.78 is 35.9. The first-order chi connectivity index (χ1) is 7.56. The summed E-state index contributed by atoms with van der Waals surface area (Å²) in [5.74, 6) is -0.592. The number of hydrogen-bond donors (Lipinski definition) is 0. The molecule has 0 aromatic heterocycles. The number of benzene rings is 1. The molecule has 0 atom stereocenters. The molecule has 0 aliphatic carbocycles. The number of nitrogens with zero attached hydrogens (tertiary/aromatic N) is 3. The molecular formula is C9H10FN3O2S. The highest BCUT2D eigenvalue weighted by Crippen LogP contribution is 2.12. The molecule has 16 heavy (non-hydrogen) atoms. The fourth-order valence-electron chi connectivity index (χ4n) is 1.13. The van der Waals surface area contributed by atoms with Gasteiger partial charge in [-0.2, -0.15) is 0 Å². The third-order valence-electron chi connectivity index (χ3n) is 1.91. The lowest BCUT2D eigenvalue weighted by Crippen LogP contribution is -2.07. The number of sulfone groups is 1. The molecular weight excluding hydrogens is 233 g/mol. The highest BCUT2D eigenvalue weighted by Gasteiger charge is 2.13. The van der Waals surface area contributed by atoms with E-state index < -0.39 is 15.7 Å². The summed E-state index contributed by atoms with van der Waals surface area (Å²) >= 11 is 0. The summed E-state index contributed by atoms with van der Waals surface area (Å²) in [4.78, 5) is 2.60. The van der Waals surface area contributed by atoms with Crippen molar-refractivity contribution in [3.05, 3.63) is 40.5 Å². The minimum atomic E-state index is -3.41. The standard InChI is InChI=1S/C9H10FN3O2S/c10-8-2-4-9(5-3-8)16(14,15)7-1-6-12-13-11/h2-5H,1,6-7H2. The third-order valence-corrected chi connectivity index (χ3v) is 3.72. The zero-order valence-electron chi connectivity index (χ0n) is 8.38. The Morgan fingerprint density at radius 1 is 1.31 bits per heavy atom. The Hall–Kier alpha value is -1.59. The van der Waals surface area contributed by atoms with Crippen molar-refractivity contribution in [2.45, 2.75) is 11.3 Å². The molecule has 0 bridgehead atoms. The van der Waals surface area contributed by atoms with E-state index in [0.717, 1.165) is 12.1 Å². The predicted octanol–water partition coefficient (Wildman–Crippen LogP) is 2.30. The molecule has 0 N–H and O–H groups in total. The van der Waals surface area contributed by atoms with Crippen molar-refractivity contribution < 1.29 is 12.8 Å². The molecule has 0 heterocycles. The van der Waals surface area contributed by atoms with Crippen LogP contribution in [0.25, 0.3) is 10.4 Å². The molecule has 7 heteroatoms. The Bertz CT molecular complexity index is 492. The first kappa shape index (κ1) is 12.5. The molecule has 0 fully saturated rings. The highest BCUT2D eigenvalue weighted by molar-refractivity contribution is 7.91. The SMILES string of the molecule is [N-]=[N+]=NCCCS(=O)(=O)c1ccc(F)cc1. The predicted molar refractivity (Wildman–Crippen MR) is 57.1 cm³/mol. The zero-order valence-corrected chi connectivity index (χ0v) is 9.19. The monoisotopic (exact) mass is 243 g/mol. The average Bonchev–Trinajstić information content (AvgIpc) is 2.25. The Morgan fingerprint density at radius 3 is 2.50 bits per heavy atom. The highest BCUT2D eigenvalue weighted by atomic mass is 32.2. The van der Waals surface area contributed by atoms with E-state index in [0.29, 0.717) is 0 Å². The fraction of sp³-hybridized carbons (Fsp3) is 0.333. The maximum Gasteiger partial charge on any atom is 0.178 e. The number of rotatable bonds is 5. The quantitative estimate of drug-likeness (QED) is 0.261. The van der Waals surface area contributed by atoms with Crippen LogP contribution in [0, 0.1) is 5.82 Å². The van der Waals surface area contributed by atoms with Crippen molar-refractivity contribution >= 4 is 9.84 Å². The molecule has 0 aliphatic heterocycles. The summed E-state index contributed by atoms with van der Waals surface area (Å²) in [6.07, 6.45) is 0.254. The van der Waals surface area contributed by atoms with Crippen molar-refractivity contribution in [1.29, 1.82) is 0 Å². The summed E-state index contributed by atoms with van der Waals surface area (Å²) in [5.41, 5.74) is 8.01. The van der Waals surface area contributed by atoms with Crippen molar-refractivity contribution in [2.24, 2.45) is 5.11 Å². The van der Waals surface area contributed by atoms with Crippen LogP contribution in [0.5, 0.6) is 0 Å². The van der Waals surface area contributed by atoms with E-state index in [4.69, 9.17) is 5.53 Å². The molecule has 0 saturated heterocycles. The van der Waals surface area contributed by atoms with E-state index in [1.54, 1.807) is 0 Å². The molecule has 0 unspecified atom stereocenters. The van der Waals surface area contributed by atoms with Gasteiger partial charge >= 0.3 is 0 Å². The molecule has 5 nitrogen and oxygen atoms in total. The summed E-state index contributed by atoms with van der Waals surface area (Å²) in [6.45, 7) is 0.136. The lowest BCUT2D eigenvalue weighted by Gasteiger charge is -2.02. The van der Waals surface area contributed by atoms with Crippen molar-refractivity contribution in [3.8, 4) is 0 Å². The van der Waals surface area contributed by atoms with E-state index in [-0.39, 0.29) is 23.6 Å². The van der Waals surface area contributed by atoms with Gasteiger partial charge in [0.05, 0.1) is 10.6 Å². The molecule has 0 saturated carbocycles. The summed E-state index contributed by atoms with van der Waals surface area (Å²) in [5, 5.41) is 3.24. The summed E-state index contributed by atoms with van der Waals surface area (Å²) in [6, 6.07) is 4.64. The molecule has 0 aliphatic rings. The number of halogens is 1. The second-order valence-corrected chi connectivity index (χ2v) is 5.19. The molecule has 86 valence electrons. The van der Waals surface area contributed by atoms with Gasteiger partial charge in [0.2, 0.25) is 0 Å². The van der Waals surface area contributed by atoms with Crippen LogP contribution in [0.4, 0.5) is 4.39 Å². The van der Waals surface area contributed by atoms with Gasteiger partial charge in [0.25, 0.3) is 0 Å². The zero-order chi connectivity index (χ0) is 12.0. The number of hydrogen-bond acceptors (Lipinski definition) is 3. The first-order valence-electron chi connectivity index (χ1n) is 4.55. The molecule has 0 spiro atoms. The lowest BCUT2D eigenvalue weighted by molar-refractivity contribution is 0.592. The average molecular weight is 243 g/mol. The molecule has 0 amide bonds. The first-order valence-corrected chi connectivity index (χ1v) is 6.20. The maximum absolute atomic E-state index is 12.6. The molecule has 1 aromatic carbocycles. The molecule has 1 rings (SSSR count). The van der Waals surface area contributed by atoms with E-state index in [1.165, 1.54) is 12.1 Å². The van der Waals surface area contributed by atoms with Crippen LogP contribution < -0.4 is 0 Å². The lowest BCUT2D eigenvalue weighted by atomic mass is 10.4. The van der Waals surface area contributed by atoms with Crippen LogP contribution >= 0.6 is 0 Å². The van der Waals surface area contributed by atoms with Crippen LogP contribution in [0.3, 0.4) is 0 Å². The van der Waals surface area contributed by atoms with Crippen LogP contribution in [0.15, 0.2) is 34.3 Å². The molecule has 1 aromatic rings. The van der Waals surface area contributed by atoms with Crippen LogP contribution in [-0.2, 0) is 9.84 Å². The topological polar surface area (TPSA) is 82.9 Å². The van der Waals surface area contributed by atoms with E-state index >= 15 is 0 Å². The van der Waals surface area contributed by atoms with Gasteiger partial charge in [0, 0.05) is 11.5 Å². The third kappa shape index (κ3) is 3.52. The summed E-state index contributed by atoms with van der Waals surface area (Å²) in [7, 11) is -3.41. The smallest absolute Gasteiger partial charge is 0.178 e. The van der Waals surface area contributed by atoms with E-state index in [1.807, 2.05) is 0 Å². The van der Waals surface area contributed by atoms with Gasteiger partial charge in [-0.25, -0.2) is 12.8 Å². The minimum absolute atomic E-state index is 0.0786. The van der Waals surface area contributed by atoms with Gasteiger partial charge in [-0.05, 0) is 36.2 Å². The van der Waals surface area contributed by atoms with Crippen molar-refractivity contribution in [3.63, 3.8) is 0 Å². The van der Waals surface area contributed by atoms with Gasteiger partial charge in [-0.3, -0.25) is 0 Å². The fourth-order valence-corrected chi connectivity index (χ4v) is 2.43. The van der Waals surface area contributed by atoms with Crippen molar-refractivity contribution in [1.82, 2.24) is 0 Å². The van der Waals surface area contributed by atoms with Gasteiger partial charge in [0.15, 0.2) is 9.84 Å². The minimum Gasteiger partial charge on any atom is -0.224 e. The van der Waals surface area contributed by atoms with Crippen LogP contribution in [-0.4, -0.2) is 20.7 Å². The van der Waals surface area contributed by atoms with Crippen molar-refractivity contribution in [2.75, 3.05) is 12.3 Å². The Kier molecular flexibility index (Phi) is 4.28. The van der Waals surface area contributed by atoms with E-state index in [2.05, 4.69) is 10.0 Å². The molecule has 0 radical (unpaired) electrons. The van der Waals surface area contributed by atoms with Gasteiger partial charge in [-0.15, -0.1) is 0 Å². The Morgan fingerprint density at radius 2 is 1.94 bits per heavy atom. The Balaban J connectivity index is 2.70. The van der Waals surface area contributed by atoms with Crippen LogP contribution in [0.2, 0.25) is 0 Å². The van der Waals surface area contributed by atoms with Crippen LogP contribution in [0.1, 0.15) is 6.42 Å². The normalized spacial score (nSPS) is 10.8. The number of azide groups is 1. The van der Waals surface area contributed by atoms with Gasteiger partial charge < -0.3 is 0 Å². The van der Waals surface area contributed by atoms with Gasteiger partial charge in [-0.1, -0.05) is 5.11 Å². The Labute approximate surface area is 92.5 Å². The largest absolute Gasteiger partial charge is 0.224 e.